The van der Waals surface area contributed by atoms with Gasteiger partial charge in [-0.05, 0) is 55.5 Å². The Kier molecular flexibility index (Phi) is 8.82. The van der Waals surface area contributed by atoms with Crippen LogP contribution in [-0.2, 0) is 31.4 Å². The summed E-state index contributed by atoms with van der Waals surface area (Å²) in [5.74, 6) is -0.364. The second kappa shape index (κ2) is 11.9. The lowest BCUT2D eigenvalue weighted by molar-refractivity contribution is -0.121. The quantitative estimate of drug-likeness (QED) is 0.531. The van der Waals surface area contributed by atoms with Crippen molar-refractivity contribution < 1.29 is 21.6 Å². The van der Waals surface area contributed by atoms with Crippen molar-refractivity contribution in [2.75, 3.05) is 19.6 Å². The maximum absolute atomic E-state index is 13.7. The molecule has 36 heavy (non-hydrogen) atoms. The number of hydrogen-bond acceptors (Lipinski definition) is 5. The Bertz CT molecular complexity index is 1220. The van der Waals surface area contributed by atoms with Gasteiger partial charge in [-0.2, -0.15) is 8.61 Å². The molecule has 4 rings (SSSR count). The van der Waals surface area contributed by atoms with Crippen molar-refractivity contribution >= 4 is 26.0 Å². The minimum Gasteiger partial charge on any atom is -0.351 e. The zero-order chi connectivity index (χ0) is 25.6. The third kappa shape index (κ3) is 6.34. The highest BCUT2D eigenvalue weighted by molar-refractivity contribution is 7.89. The van der Waals surface area contributed by atoms with Crippen molar-refractivity contribution in [3.63, 3.8) is 0 Å². The van der Waals surface area contributed by atoms with Gasteiger partial charge in [-0.15, -0.1) is 0 Å². The fourth-order valence-corrected chi connectivity index (χ4v) is 8.11. The second-order valence-corrected chi connectivity index (χ2v) is 13.4. The summed E-state index contributed by atoms with van der Waals surface area (Å²) < 4.78 is 56.1. The summed E-state index contributed by atoms with van der Waals surface area (Å²) in [4.78, 5) is 12.9. The van der Waals surface area contributed by atoms with Gasteiger partial charge in [-0.3, -0.25) is 4.79 Å². The summed E-state index contributed by atoms with van der Waals surface area (Å²) >= 11 is 0. The van der Waals surface area contributed by atoms with Gasteiger partial charge in [-0.1, -0.05) is 56.0 Å². The predicted octanol–water partition coefficient (Wildman–Crippen LogP) is 3.50. The van der Waals surface area contributed by atoms with E-state index in [4.69, 9.17) is 0 Å². The highest BCUT2D eigenvalue weighted by Gasteiger charge is 2.34. The van der Waals surface area contributed by atoms with Crippen LogP contribution in [0.3, 0.4) is 0 Å². The molecule has 2 aliphatic rings. The molecular weight excluding hydrogens is 498 g/mol. The Hall–Kier alpha value is -2.27. The zero-order valence-electron chi connectivity index (χ0n) is 20.5. The fraction of sp³-hybridized carbons (Fsp3) is 0.500. The number of benzene rings is 2. The van der Waals surface area contributed by atoms with Crippen LogP contribution in [0.2, 0.25) is 0 Å². The number of carbonyl (C=O) groups is 1. The summed E-state index contributed by atoms with van der Waals surface area (Å²) in [7, 11) is -7.66. The molecule has 10 heteroatoms. The molecule has 8 nitrogen and oxygen atoms in total. The second-order valence-electron chi connectivity index (χ2n) is 9.54. The smallest absolute Gasteiger partial charge is 0.243 e. The van der Waals surface area contributed by atoms with Gasteiger partial charge in [0.15, 0.2) is 0 Å². The molecule has 1 saturated heterocycles. The highest BCUT2D eigenvalue weighted by atomic mass is 32.2. The van der Waals surface area contributed by atoms with Gasteiger partial charge in [-0.25, -0.2) is 16.8 Å². The monoisotopic (exact) mass is 533 g/mol. The molecule has 0 bridgehead atoms. The molecule has 0 aromatic heterocycles. The van der Waals surface area contributed by atoms with Crippen molar-refractivity contribution in [1.82, 2.24) is 13.9 Å². The number of hydrogen-bond donors (Lipinski definition) is 1. The van der Waals surface area contributed by atoms with Crippen LogP contribution in [0.5, 0.6) is 0 Å². The fourth-order valence-electron chi connectivity index (χ4n) is 4.95. The standard InChI is InChI=1S/C26H35N3O5S2/c30-26(27-20-22-10-4-1-5-11-22)21-29(23-12-6-2-7-13-23)36(33,34)25-16-14-24(15-17-25)35(31,32)28-18-8-3-9-19-28/h1,4-5,10-11,14-17,23H,2-3,6-9,12-13,18-21H2,(H,27,30). The lowest BCUT2D eigenvalue weighted by Gasteiger charge is -2.33. The number of rotatable bonds is 9. The molecule has 196 valence electrons. The number of amides is 1. The summed E-state index contributed by atoms with van der Waals surface area (Å²) in [5.41, 5.74) is 0.934. The predicted molar refractivity (Wildman–Crippen MR) is 138 cm³/mol. The largest absolute Gasteiger partial charge is 0.351 e. The van der Waals surface area contributed by atoms with Crippen LogP contribution in [0, 0.1) is 0 Å². The van der Waals surface area contributed by atoms with Crippen LogP contribution < -0.4 is 5.32 Å². The van der Waals surface area contributed by atoms with Gasteiger partial charge in [0.05, 0.1) is 16.3 Å². The molecule has 2 fully saturated rings. The average Bonchev–Trinajstić information content (AvgIpc) is 2.92. The summed E-state index contributed by atoms with van der Waals surface area (Å²) in [5, 5.41) is 2.83. The van der Waals surface area contributed by atoms with E-state index in [1.807, 2.05) is 30.3 Å². The minimum absolute atomic E-state index is 0.00141. The Morgan fingerprint density at radius 2 is 1.39 bits per heavy atom. The van der Waals surface area contributed by atoms with E-state index in [2.05, 4.69) is 5.32 Å². The van der Waals surface area contributed by atoms with Crippen LogP contribution in [0.1, 0.15) is 56.9 Å². The third-order valence-electron chi connectivity index (χ3n) is 7.00. The zero-order valence-corrected chi connectivity index (χ0v) is 22.1. The number of carbonyl (C=O) groups excluding carboxylic acids is 1. The van der Waals surface area contributed by atoms with Crippen molar-refractivity contribution in [3.8, 4) is 0 Å². The van der Waals surface area contributed by atoms with Gasteiger partial charge in [0.2, 0.25) is 26.0 Å². The summed E-state index contributed by atoms with van der Waals surface area (Å²) in [6.07, 6.45) is 6.94. The maximum Gasteiger partial charge on any atom is 0.243 e. The number of nitrogens with one attached hydrogen (secondary N) is 1. The first-order valence-electron chi connectivity index (χ1n) is 12.7. The molecule has 1 aliphatic heterocycles. The van der Waals surface area contributed by atoms with Crippen LogP contribution >= 0.6 is 0 Å². The first kappa shape index (κ1) is 26.8. The number of sulfonamides is 2. The van der Waals surface area contributed by atoms with Gasteiger partial charge in [0.25, 0.3) is 0 Å². The molecule has 0 atom stereocenters. The summed E-state index contributed by atoms with van der Waals surface area (Å²) in [6, 6.07) is 14.6. The van der Waals surface area contributed by atoms with Crippen LogP contribution in [0.25, 0.3) is 0 Å². The molecule has 1 aliphatic carbocycles. The lowest BCUT2D eigenvalue weighted by atomic mass is 9.95. The van der Waals surface area contributed by atoms with Crippen molar-refractivity contribution in [1.29, 1.82) is 0 Å². The van der Waals surface area contributed by atoms with Crippen molar-refractivity contribution in [2.24, 2.45) is 0 Å². The first-order chi connectivity index (χ1) is 17.3. The van der Waals surface area contributed by atoms with Gasteiger partial charge >= 0.3 is 0 Å². The first-order valence-corrected chi connectivity index (χ1v) is 15.6. The van der Waals surface area contributed by atoms with Crippen LogP contribution in [0.15, 0.2) is 64.4 Å². The van der Waals surface area contributed by atoms with Gasteiger partial charge < -0.3 is 5.32 Å². The van der Waals surface area contributed by atoms with E-state index in [0.29, 0.717) is 32.5 Å². The van der Waals surface area contributed by atoms with E-state index in [-0.39, 0.29) is 28.3 Å². The van der Waals surface area contributed by atoms with E-state index in [0.717, 1.165) is 44.1 Å². The molecule has 1 amide bonds. The van der Waals surface area contributed by atoms with E-state index in [9.17, 15) is 21.6 Å². The van der Waals surface area contributed by atoms with E-state index in [1.54, 1.807) is 0 Å². The van der Waals surface area contributed by atoms with Gasteiger partial charge in [0.1, 0.15) is 0 Å². The normalized spacial score (nSPS) is 18.2. The SMILES string of the molecule is O=C(CN(C1CCCCC1)S(=O)(=O)c1ccc(S(=O)(=O)N2CCCCC2)cc1)NCc1ccccc1. The van der Waals surface area contributed by atoms with E-state index >= 15 is 0 Å². The molecule has 0 spiro atoms. The van der Waals surface area contributed by atoms with Crippen molar-refractivity contribution in [3.05, 3.63) is 60.2 Å². The molecule has 0 radical (unpaired) electrons. The van der Waals surface area contributed by atoms with Crippen LogP contribution in [0.4, 0.5) is 0 Å². The van der Waals surface area contributed by atoms with E-state index < -0.39 is 20.0 Å². The van der Waals surface area contributed by atoms with E-state index in [1.165, 1.54) is 32.9 Å². The number of nitrogens with zero attached hydrogens (tertiary/aromatic N) is 2. The highest BCUT2D eigenvalue weighted by Crippen LogP contribution is 2.29. The lowest BCUT2D eigenvalue weighted by Crippen LogP contribution is -2.46. The third-order valence-corrected chi connectivity index (χ3v) is 10.8. The molecule has 0 unspecified atom stereocenters. The van der Waals surface area contributed by atoms with Crippen molar-refractivity contribution in [2.45, 2.75) is 73.7 Å². The Morgan fingerprint density at radius 1 is 0.806 bits per heavy atom. The molecule has 1 heterocycles. The average molecular weight is 534 g/mol. The molecule has 1 N–H and O–H groups in total. The van der Waals surface area contributed by atoms with Crippen LogP contribution in [-0.4, -0.2) is 57.0 Å². The molecule has 2 aromatic rings. The molecular formula is C26H35N3O5S2. The Labute approximate surface area is 214 Å². The minimum atomic E-state index is -4.00. The topological polar surface area (TPSA) is 104 Å². The Morgan fingerprint density at radius 3 is 2.03 bits per heavy atom. The Balaban J connectivity index is 1.52. The van der Waals surface area contributed by atoms with Gasteiger partial charge in [0, 0.05) is 25.7 Å². The maximum atomic E-state index is 13.7. The number of piperidine rings is 1. The molecule has 1 saturated carbocycles. The molecule has 2 aromatic carbocycles. The summed E-state index contributed by atoms with van der Waals surface area (Å²) in [6.45, 7) is 1.01.